The van der Waals surface area contributed by atoms with Crippen LogP contribution in [0.15, 0.2) is 0 Å². The van der Waals surface area contributed by atoms with Gasteiger partial charge in [0, 0.05) is 0 Å². The molecule has 0 aliphatic carbocycles. The number of hydrogen-bond acceptors (Lipinski definition) is 3. The highest BCUT2D eigenvalue weighted by Crippen LogP contribution is 1.75. The Morgan fingerprint density at radius 2 is 2.43 bits per heavy atom. The third-order valence-electron chi connectivity index (χ3n) is 0.631. The van der Waals surface area contributed by atoms with Crippen molar-refractivity contribution >= 4 is 6.47 Å². The molecular weight excluding hydrogens is 94.0 g/mol. The van der Waals surface area contributed by atoms with Crippen molar-refractivity contribution in [1.82, 2.24) is 5.32 Å². The Bertz CT molecular complexity index is 55.7. The van der Waals surface area contributed by atoms with E-state index in [9.17, 15) is 4.79 Å². The van der Waals surface area contributed by atoms with Crippen LogP contribution in [-0.4, -0.2) is 19.7 Å². The largest absolute Gasteiger partial charge is 0.438 e. The molecule has 1 N–H and O–H groups in total. The first-order valence-corrected chi connectivity index (χ1v) is 2.01. The first-order valence-electron chi connectivity index (χ1n) is 2.01. The maximum atomic E-state index is 9.39. The van der Waals surface area contributed by atoms with Gasteiger partial charge in [0.05, 0.1) is 0 Å². The zero-order valence-electron chi connectivity index (χ0n) is 4.39. The zero-order chi connectivity index (χ0) is 5.70. The molecule has 0 rings (SSSR count). The first-order chi connectivity index (χ1) is 3.31. The molecule has 41 valence electrons. The number of nitrogens with one attached hydrogen (secondary N) is 1. The number of rotatable bonds is 3. The fourth-order valence-corrected chi connectivity index (χ4v) is 0.131. The molecule has 7 heavy (non-hydrogen) atoms. The third-order valence-corrected chi connectivity index (χ3v) is 0.631. The van der Waals surface area contributed by atoms with Crippen LogP contribution in [0.3, 0.4) is 0 Å². The predicted molar refractivity (Wildman–Crippen MR) is 25.3 cm³/mol. The van der Waals surface area contributed by atoms with Gasteiger partial charge >= 0.3 is 6.47 Å². The minimum absolute atomic E-state index is 0.225. The van der Waals surface area contributed by atoms with Gasteiger partial charge in [-0.1, -0.05) is 0 Å². The fourth-order valence-electron chi connectivity index (χ4n) is 0.131. The number of ether oxygens (including phenoxy) is 1. The van der Waals surface area contributed by atoms with Crippen LogP contribution >= 0.6 is 0 Å². The van der Waals surface area contributed by atoms with E-state index in [1.165, 1.54) is 6.47 Å². The van der Waals surface area contributed by atoms with Crippen LogP contribution in [0.2, 0.25) is 0 Å². The zero-order valence-corrected chi connectivity index (χ0v) is 4.39. The second-order valence-electron chi connectivity index (χ2n) is 1.13. The summed E-state index contributed by atoms with van der Waals surface area (Å²) in [6.45, 7) is 3.02. The third kappa shape index (κ3) is 3.26. The van der Waals surface area contributed by atoms with Gasteiger partial charge in [0.15, 0.2) is 6.23 Å². The average molecular weight is 102 g/mol. The minimum atomic E-state index is -0.225. The highest BCUT2D eigenvalue weighted by Gasteiger charge is 1.91. The maximum Gasteiger partial charge on any atom is 0.419 e. The second-order valence-corrected chi connectivity index (χ2v) is 1.13. The predicted octanol–water partition coefficient (Wildman–Crippen LogP) is -0.364. The standard InChI is InChI=1S/C4H8NO2/c1-4(5-2)7-3-6/h4-5H,1-2H3. The van der Waals surface area contributed by atoms with E-state index < -0.39 is 0 Å². The Morgan fingerprint density at radius 1 is 1.86 bits per heavy atom. The van der Waals surface area contributed by atoms with Gasteiger partial charge in [-0.3, -0.25) is 5.32 Å². The van der Waals surface area contributed by atoms with Crippen molar-refractivity contribution in [3.63, 3.8) is 0 Å². The van der Waals surface area contributed by atoms with Gasteiger partial charge in [-0.15, -0.1) is 0 Å². The van der Waals surface area contributed by atoms with Crippen LogP contribution in [-0.2, 0) is 9.53 Å². The lowest BCUT2D eigenvalue weighted by Gasteiger charge is -2.03. The van der Waals surface area contributed by atoms with Gasteiger partial charge in [-0.2, -0.15) is 0 Å². The molecule has 0 aromatic heterocycles. The summed E-state index contributed by atoms with van der Waals surface area (Å²) in [5.41, 5.74) is 0. The van der Waals surface area contributed by atoms with E-state index in [-0.39, 0.29) is 6.23 Å². The molecule has 0 aromatic carbocycles. The van der Waals surface area contributed by atoms with Crippen molar-refractivity contribution in [1.29, 1.82) is 0 Å². The van der Waals surface area contributed by atoms with E-state index in [4.69, 9.17) is 0 Å². The molecule has 0 aliphatic rings. The van der Waals surface area contributed by atoms with Crippen LogP contribution in [0.25, 0.3) is 0 Å². The van der Waals surface area contributed by atoms with Crippen LogP contribution in [0.5, 0.6) is 0 Å². The fraction of sp³-hybridized carbons (Fsp3) is 0.750. The van der Waals surface area contributed by atoms with Gasteiger partial charge in [0.2, 0.25) is 0 Å². The molecule has 3 nitrogen and oxygen atoms in total. The van der Waals surface area contributed by atoms with E-state index in [1.54, 1.807) is 14.0 Å². The van der Waals surface area contributed by atoms with Crippen molar-refractivity contribution in [2.45, 2.75) is 13.2 Å². The smallest absolute Gasteiger partial charge is 0.419 e. The molecule has 0 aliphatic heterocycles. The number of hydrogen-bond donors (Lipinski definition) is 1. The van der Waals surface area contributed by atoms with Crippen molar-refractivity contribution in [2.75, 3.05) is 7.05 Å². The summed E-state index contributed by atoms with van der Waals surface area (Å²) >= 11 is 0. The summed E-state index contributed by atoms with van der Waals surface area (Å²) < 4.78 is 4.27. The molecular formula is C4H8NO2. The molecule has 0 saturated carbocycles. The summed E-state index contributed by atoms with van der Waals surface area (Å²) in [6.07, 6.45) is -0.225. The molecule has 0 spiro atoms. The van der Waals surface area contributed by atoms with Crippen LogP contribution in [0.1, 0.15) is 6.92 Å². The quantitative estimate of drug-likeness (QED) is 0.494. The maximum absolute atomic E-state index is 9.39. The van der Waals surface area contributed by atoms with Crippen molar-refractivity contribution in [3.05, 3.63) is 0 Å². The summed E-state index contributed by atoms with van der Waals surface area (Å²) in [4.78, 5) is 9.39. The molecule has 0 aromatic rings. The van der Waals surface area contributed by atoms with E-state index in [1.807, 2.05) is 0 Å². The summed E-state index contributed by atoms with van der Waals surface area (Å²) in [5, 5.41) is 2.68. The van der Waals surface area contributed by atoms with Crippen molar-refractivity contribution in [2.24, 2.45) is 0 Å². The van der Waals surface area contributed by atoms with Gasteiger partial charge in [0.1, 0.15) is 0 Å². The Kier molecular flexibility index (Phi) is 3.32. The Balaban J connectivity index is 2.98. The average Bonchev–Trinajstić information content (AvgIpc) is 1.68. The molecule has 1 unspecified atom stereocenters. The number of carbonyl (C=O) groups excluding carboxylic acids is 1. The molecule has 0 heterocycles. The van der Waals surface area contributed by atoms with E-state index in [2.05, 4.69) is 10.1 Å². The lowest BCUT2D eigenvalue weighted by atomic mass is 10.7. The van der Waals surface area contributed by atoms with E-state index >= 15 is 0 Å². The van der Waals surface area contributed by atoms with E-state index in [0.717, 1.165) is 0 Å². The molecule has 0 saturated heterocycles. The first kappa shape index (κ1) is 6.43. The minimum Gasteiger partial charge on any atom is -0.438 e. The van der Waals surface area contributed by atoms with Gasteiger partial charge in [-0.25, -0.2) is 4.79 Å². The SMILES string of the molecule is CNC(C)O[C]=O. The Hall–Kier alpha value is -0.570. The second kappa shape index (κ2) is 3.61. The molecule has 0 fully saturated rings. The molecule has 0 bridgehead atoms. The normalized spacial score (nSPS) is 12.9. The highest BCUT2D eigenvalue weighted by atomic mass is 16.5. The summed E-state index contributed by atoms with van der Waals surface area (Å²) in [7, 11) is 1.70. The molecule has 3 heteroatoms. The topological polar surface area (TPSA) is 38.3 Å². The van der Waals surface area contributed by atoms with E-state index in [0.29, 0.717) is 0 Å². The Labute approximate surface area is 42.7 Å². The molecule has 1 radical (unpaired) electrons. The highest BCUT2D eigenvalue weighted by molar-refractivity contribution is 5.38. The van der Waals surface area contributed by atoms with Gasteiger partial charge < -0.3 is 4.74 Å². The summed E-state index contributed by atoms with van der Waals surface area (Å²) in [6, 6.07) is 0. The summed E-state index contributed by atoms with van der Waals surface area (Å²) in [5.74, 6) is 0. The molecule has 0 amide bonds. The van der Waals surface area contributed by atoms with Gasteiger partial charge in [0.25, 0.3) is 0 Å². The Morgan fingerprint density at radius 3 is 2.57 bits per heavy atom. The monoisotopic (exact) mass is 102 g/mol. The van der Waals surface area contributed by atoms with Crippen LogP contribution in [0.4, 0.5) is 0 Å². The van der Waals surface area contributed by atoms with Crippen molar-refractivity contribution < 1.29 is 9.53 Å². The van der Waals surface area contributed by atoms with Gasteiger partial charge in [-0.05, 0) is 14.0 Å². The van der Waals surface area contributed by atoms with Crippen LogP contribution < -0.4 is 5.32 Å². The van der Waals surface area contributed by atoms with Crippen LogP contribution in [0, 0.1) is 0 Å². The molecule has 1 atom stereocenters. The van der Waals surface area contributed by atoms with Crippen molar-refractivity contribution in [3.8, 4) is 0 Å². The lowest BCUT2D eigenvalue weighted by Crippen LogP contribution is -2.23. The lowest BCUT2D eigenvalue weighted by molar-refractivity contribution is 0.169.